The molecule has 0 N–H and O–H groups in total. The highest BCUT2D eigenvalue weighted by Gasteiger charge is 2.27. The molecule has 2 aromatic rings. The summed E-state index contributed by atoms with van der Waals surface area (Å²) >= 11 is 0. The van der Waals surface area contributed by atoms with Gasteiger partial charge in [-0.15, -0.1) is 0 Å². The monoisotopic (exact) mass is 347 g/mol. The highest BCUT2D eigenvalue weighted by atomic mass is 19.1. The highest BCUT2D eigenvalue weighted by molar-refractivity contribution is 5.94. The number of aryl methyl sites for hydroxylation is 1. The molecule has 1 atom stereocenters. The van der Waals surface area contributed by atoms with Crippen molar-refractivity contribution in [3.63, 3.8) is 0 Å². The molecule has 132 valence electrons. The van der Waals surface area contributed by atoms with Crippen LogP contribution < -0.4 is 4.74 Å². The molecule has 0 aromatic heterocycles. The van der Waals surface area contributed by atoms with Crippen molar-refractivity contribution in [2.75, 3.05) is 26.3 Å². The van der Waals surface area contributed by atoms with E-state index in [1.807, 2.05) is 6.92 Å². The minimum Gasteiger partial charge on any atom is -0.488 e. The van der Waals surface area contributed by atoms with Crippen LogP contribution >= 0.6 is 0 Å². The van der Waals surface area contributed by atoms with Crippen molar-refractivity contribution in [2.45, 2.75) is 13.0 Å². The Kier molecular flexibility index (Phi) is 5.28. The van der Waals surface area contributed by atoms with Gasteiger partial charge in [-0.25, -0.2) is 8.78 Å². The third-order valence-electron chi connectivity index (χ3n) is 4.04. The first-order valence-corrected chi connectivity index (χ1v) is 8.09. The van der Waals surface area contributed by atoms with Crippen LogP contribution in [0.5, 0.6) is 5.75 Å². The molecule has 1 heterocycles. The van der Waals surface area contributed by atoms with Crippen molar-refractivity contribution in [3.05, 3.63) is 65.2 Å². The summed E-state index contributed by atoms with van der Waals surface area (Å²) in [6, 6.07) is 10.5. The molecule has 1 amide bonds. The molecule has 6 heteroatoms. The number of carbonyl (C=O) groups is 1. The number of rotatable bonds is 4. The van der Waals surface area contributed by atoms with Crippen LogP contribution in [0.3, 0.4) is 0 Å². The standard InChI is InChI=1S/C19H19F2NO3/c1-13-6-7-17(21)18(10-13)25-12-14-11-22(8-9-24-14)19(23)15-4-2-3-5-16(15)20/h2-7,10,14H,8-9,11-12H2,1H3. The molecule has 2 aromatic carbocycles. The molecule has 0 bridgehead atoms. The second-order valence-electron chi connectivity index (χ2n) is 5.97. The van der Waals surface area contributed by atoms with Gasteiger partial charge in [-0.2, -0.15) is 0 Å². The summed E-state index contributed by atoms with van der Waals surface area (Å²) in [5.41, 5.74) is 0.922. The molecule has 0 saturated carbocycles. The number of ether oxygens (including phenoxy) is 2. The molecule has 1 aliphatic heterocycles. The Bertz CT molecular complexity index is 766. The van der Waals surface area contributed by atoms with Gasteiger partial charge in [0.2, 0.25) is 0 Å². The fourth-order valence-electron chi connectivity index (χ4n) is 2.71. The summed E-state index contributed by atoms with van der Waals surface area (Å²) in [6.07, 6.45) is -0.399. The van der Waals surface area contributed by atoms with Gasteiger partial charge in [0.05, 0.1) is 18.7 Å². The van der Waals surface area contributed by atoms with Crippen LogP contribution in [0.15, 0.2) is 42.5 Å². The largest absolute Gasteiger partial charge is 0.488 e. The lowest BCUT2D eigenvalue weighted by atomic mass is 10.1. The van der Waals surface area contributed by atoms with Gasteiger partial charge in [-0.05, 0) is 36.8 Å². The van der Waals surface area contributed by atoms with Crippen molar-refractivity contribution >= 4 is 5.91 Å². The maximum Gasteiger partial charge on any atom is 0.256 e. The van der Waals surface area contributed by atoms with Crippen molar-refractivity contribution in [2.24, 2.45) is 0 Å². The van der Waals surface area contributed by atoms with Gasteiger partial charge >= 0.3 is 0 Å². The number of carbonyl (C=O) groups excluding carboxylic acids is 1. The van der Waals surface area contributed by atoms with E-state index in [2.05, 4.69) is 0 Å². The summed E-state index contributed by atoms with van der Waals surface area (Å²) in [6.45, 7) is 2.92. The molecule has 3 rings (SSSR count). The Morgan fingerprint density at radius 1 is 1.24 bits per heavy atom. The maximum atomic E-state index is 13.8. The van der Waals surface area contributed by atoms with E-state index in [1.54, 1.807) is 24.3 Å². The lowest BCUT2D eigenvalue weighted by Gasteiger charge is -2.33. The van der Waals surface area contributed by atoms with Crippen molar-refractivity contribution in [1.82, 2.24) is 4.90 Å². The Morgan fingerprint density at radius 2 is 2.04 bits per heavy atom. The molecule has 1 aliphatic rings. The molecule has 0 radical (unpaired) electrons. The number of nitrogens with zero attached hydrogens (tertiary/aromatic N) is 1. The number of amides is 1. The predicted octanol–water partition coefficient (Wildman–Crippen LogP) is 3.19. The van der Waals surface area contributed by atoms with Gasteiger partial charge < -0.3 is 14.4 Å². The average molecular weight is 347 g/mol. The Morgan fingerprint density at radius 3 is 2.84 bits per heavy atom. The molecular weight excluding hydrogens is 328 g/mol. The van der Waals surface area contributed by atoms with Gasteiger partial charge in [-0.1, -0.05) is 18.2 Å². The minimum atomic E-state index is -0.548. The van der Waals surface area contributed by atoms with Gasteiger partial charge in [0.15, 0.2) is 11.6 Å². The molecule has 0 spiro atoms. The van der Waals surface area contributed by atoms with E-state index < -0.39 is 17.7 Å². The van der Waals surface area contributed by atoms with Crippen LogP contribution in [-0.2, 0) is 4.74 Å². The van der Waals surface area contributed by atoms with Crippen LogP contribution in [-0.4, -0.2) is 43.2 Å². The third-order valence-corrected chi connectivity index (χ3v) is 4.04. The van der Waals surface area contributed by atoms with Gasteiger partial charge in [0.25, 0.3) is 5.91 Å². The number of morpholine rings is 1. The second-order valence-corrected chi connectivity index (χ2v) is 5.97. The van der Waals surface area contributed by atoms with Crippen molar-refractivity contribution in [1.29, 1.82) is 0 Å². The maximum absolute atomic E-state index is 13.8. The summed E-state index contributed by atoms with van der Waals surface area (Å²) in [4.78, 5) is 14.0. The van der Waals surface area contributed by atoms with Crippen molar-refractivity contribution < 1.29 is 23.0 Å². The lowest BCUT2D eigenvalue weighted by Crippen LogP contribution is -2.47. The van der Waals surface area contributed by atoms with Crippen LogP contribution in [0.2, 0.25) is 0 Å². The Labute approximate surface area is 145 Å². The van der Waals surface area contributed by atoms with Crippen molar-refractivity contribution in [3.8, 4) is 5.75 Å². The van der Waals surface area contributed by atoms with E-state index in [9.17, 15) is 13.6 Å². The number of benzene rings is 2. The quantitative estimate of drug-likeness (QED) is 0.853. The molecular formula is C19H19F2NO3. The first-order chi connectivity index (χ1) is 12.0. The first-order valence-electron chi connectivity index (χ1n) is 8.09. The topological polar surface area (TPSA) is 38.8 Å². The predicted molar refractivity (Wildman–Crippen MR) is 88.7 cm³/mol. The zero-order chi connectivity index (χ0) is 17.8. The smallest absolute Gasteiger partial charge is 0.256 e. The molecule has 0 aliphatic carbocycles. The van der Waals surface area contributed by atoms with Crippen LogP contribution in [0.4, 0.5) is 8.78 Å². The van der Waals surface area contributed by atoms with E-state index in [4.69, 9.17) is 9.47 Å². The van der Waals surface area contributed by atoms with E-state index in [1.165, 1.54) is 23.1 Å². The molecule has 25 heavy (non-hydrogen) atoms. The summed E-state index contributed by atoms with van der Waals surface area (Å²) in [5, 5.41) is 0. The zero-order valence-corrected chi connectivity index (χ0v) is 13.9. The van der Waals surface area contributed by atoms with E-state index in [0.717, 1.165) is 5.56 Å². The number of hydrogen-bond donors (Lipinski definition) is 0. The van der Waals surface area contributed by atoms with Gasteiger partial charge in [-0.3, -0.25) is 4.79 Å². The van der Waals surface area contributed by atoms with Gasteiger partial charge in [0, 0.05) is 6.54 Å². The fourth-order valence-corrected chi connectivity index (χ4v) is 2.71. The van der Waals surface area contributed by atoms with E-state index >= 15 is 0 Å². The fraction of sp³-hybridized carbons (Fsp3) is 0.316. The molecule has 1 fully saturated rings. The third kappa shape index (κ3) is 4.14. The number of hydrogen-bond acceptors (Lipinski definition) is 3. The minimum absolute atomic E-state index is 0.0359. The molecule has 1 unspecified atom stereocenters. The Balaban J connectivity index is 1.62. The Hall–Kier alpha value is -2.47. The lowest BCUT2D eigenvalue weighted by molar-refractivity contribution is -0.0406. The zero-order valence-electron chi connectivity index (χ0n) is 13.9. The van der Waals surface area contributed by atoms with Crippen LogP contribution in [0.25, 0.3) is 0 Å². The normalized spacial score (nSPS) is 17.4. The second kappa shape index (κ2) is 7.61. The molecule has 1 saturated heterocycles. The van der Waals surface area contributed by atoms with Gasteiger partial charge in [0.1, 0.15) is 18.5 Å². The highest BCUT2D eigenvalue weighted by Crippen LogP contribution is 2.20. The first kappa shape index (κ1) is 17.4. The van der Waals surface area contributed by atoms with E-state index in [0.29, 0.717) is 13.2 Å². The van der Waals surface area contributed by atoms with E-state index in [-0.39, 0.29) is 30.4 Å². The summed E-state index contributed by atoms with van der Waals surface area (Å²) in [7, 11) is 0. The summed E-state index contributed by atoms with van der Waals surface area (Å²) in [5.74, 6) is -1.22. The molecule has 4 nitrogen and oxygen atoms in total. The van der Waals surface area contributed by atoms with Crippen LogP contribution in [0.1, 0.15) is 15.9 Å². The number of halogens is 2. The summed E-state index contributed by atoms with van der Waals surface area (Å²) < 4.78 is 38.6. The average Bonchev–Trinajstić information content (AvgIpc) is 2.62. The SMILES string of the molecule is Cc1ccc(F)c(OCC2CN(C(=O)c3ccccc3F)CCO2)c1. The van der Waals surface area contributed by atoms with Crippen LogP contribution in [0, 0.1) is 18.6 Å².